The van der Waals surface area contributed by atoms with Crippen LogP contribution in [0.2, 0.25) is 0 Å². The van der Waals surface area contributed by atoms with Crippen LogP contribution in [0.15, 0.2) is 0 Å². The van der Waals surface area contributed by atoms with Crippen molar-refractivity contribution in [1.82, 2.24) is 10.6 Å². The molecule has 0 aromatic carbocycles. The van der Waals surface area contributed by atoms with Crippen molar-refractivity contribution in [2.75, 3.05) is 6.54 Å². The van der Waals surface area contributed by atoms with Crippen LogP contribution in [-0.4, -0.2) is 29.7 Å². The Morgan fingerprint density at radius 1 is 1.40 bits per heavy atom. The van der Waals surface area contributed by atoms with Crippen molar-refractivity contribution in [2.45, 2.75) is 39.2 Å². The van der Waals surface area contributed by atoms with Gasteiger partial charge in [-0.3, -0.25) is 4.79 Å². The van der Waals surface area contributed by atoms with Crippen LogP contribution in [-0.2, 0) is 4.79 Å². The maximum Gasteiger partial charge on any atom is 0.315 e. The molecule has 1 aliphatic rings. The summed E-state index contributed by atoms with van der Waals surface area (Å²) in [5, 5.41) is 14.2. The number of hydrogen-bond acceptors (Lipinski definition) is 2. The molecule has 0 bridgehead atoms. The van der Waals surface area contributed by atoms with E-state index in [0.29, 0.717) is 0 Å². The first-order chi connectivity index (χ1) is 6.92. The van der Waals surface area contributed by atoms with Gasteiger partial charge in [0.05, 0.1) is 5.41 Å². The second kappa shape index (κ2) is 4.51. The molecule has 0 atom stereocenters. The Kier molecular flexibility index (Phi) is 3.55. The minimum absolute atomic E-state index is 0.140. The summed E-state index contributed by atoms with van der Waals surface area (Å²) >= 11 is 0. The van der Waals surface area contributed by atoms with Crippen molar-refractivity contribution in [3.05, 3.63) is 0 Å². The first-order valence-electron chi connectivity index (χ1n) is 5.19. The van der Waals surface area contributed by atoms with Gasteiger partial charge in [0.25, 0.3) is 0 Å². The van der Waals surface area contributed by atoms with Crippen molar-refractivity contribution in [2.24, 2.45) is 5.41 Å². The molecule has 1 saturated carbocycles. The Labute approximate surface area is 89.2 Å². The van der Waals surface area contributed by atoms with Crippen LogP contribution in [0.5, 0.6) is 0 Å². The van der Waals surface area contributed by atoms with Crippen molar-refractivity contribution >= 4 is 12.0 Å². The summed E-state index contributed by atoms with van der Waals surface area (Å²) in [5.41, 5.74) is -0.920. The molecule has 0 unspecified atom stereocenters. The number of carboxylic acids is 1. The highest BCUT2D eigenvalue weighted by Crippen LogP contribution is 2.18. The smallest absolute Gasteiger partial charge is 0.315 e. The standard InChI is InChI=1S/C10H18N2O3/c1-10(2,8(13)14)6-11-9(15)12-7-4-3-5-7/h7H,3-6H2,1-2H3,(H,13,14)(H2,11,12,15). The first-order valence-corrected chi connectivity index (χ1v) is 5.19. The number of carboxylic acid groups (broad SMARTS) is 1. The van der Waals surface area contributed by atoms with E-state index in [-0.39, 0.29) is 18.6 Å². The molecule has 86 valence electrons. The van der Waals surface area contributed by atoms with Crippen molar-refractivity contribution in [3.63, 3.8) is 0 Å². The van der Waals surface area contributed by atoms with Gasteiger partial charge in [-0.25, -0.2) is 4.79 Å². The molecule has 0 aromatic heterocycles. The van der Waals surface area contributed by atoms with Gasteiger partial charge >= 0.3 is 12.0 Å². The van der Waals surface area contributed by atoms with Crippen molar-refractivity contribution < 1.29 is 14.7 Å². The molecule has 1 rings (SSSR count). The summed E-state index contributed by atoms with van der Waals surface area (Å²) in [6, 6.07) is 0.00645. The maximum absolute atomic E-state index is 11.3. The molecule has 1 aliphatic carbocycles. The van der Waals surface area contributed by atoms with E-state index in [4.69, 9.17) is 5.11 Å². The molecular weight excluding hydrogens is 196 g/mol. The summed E-state index contributed by atoms with van der Waals surface area (Å²) < 4.78 is 0. The molecule has 0 spiro atoms. The van der Waals surface area contributed by atoms with E-state index in [0.717, 1.165) is 19.3 Å². The number of hydrogen-bond donors (Lipinski definition) is 3. The Hall–Kier alpha value is -1.26. The molecule has 0 aromatic rings. The first kappa shape index (κ1) is 11.8. The minimum Gasteiger partial charge on any atom is -0.481 e. The third kappa shape index (κ3) is 3.42. The monoisotopic (exact) mass is 214 g/mol. The Balaban J connectivity index is 2.23. The lowest BCUT2D eigenvalue weighted by Gasteiger charge is -2.27. The zero-order valence-electron chi connectivity index (χ0n) is 9.17. The highest BCUT2D eigenvalue weighted by Gasteiger charge is 2.28. The lowest BCUT2D eigenvalue weighted by molar-refractivity contribution is -0.146. The predicted molar refractivity (Wildman–Crippen MR) is 55.6 cm³/mol. The number of amides is 2. The van der Waals surface area contributed by atoms with Crippen LogP contribution in [0.3, 0.4) is 0 Å². The zero-order chi connectivity index (χ0) is 11.5. The van der Waals surface area contributed by atoms with Gasteiger partial charge < -0.3 is 15.7 Å². The Morgan fingerprint density at radius 3 is 2.40 bits per heavy atom. The van der Waals surface area contributed by atoms with Crippen LogP contribution >= 0.6 is 0 Å². The predicted octanol–water partition coefficient (Wildman–Crippen LogP) is 0.949. The largest absolute Gasteiger partial charge is 0.481 e. The number of aliphatic carboxylic acids is 1. The molecule has 0 radical (unpaired) electrons. The fraction of sp³-hybridized carbons (Fsp3) is 0.800. The molecule has 0 heterocycles. The van der Waals surface area contributed by atoms with Gasteiger partial charge in [-0.05, 0) is 33.1 Å². The summed E-state index contributed by atoms with van der Waals surface area (Å²) in [4.78, 5) is 22.1. The lowest BCUT2D eigenvalue weighted by Crippen LogP contribution is -2.48. The van der Waals surface area contributed by atoms with E-state index in [1.54, 1.807) is 13.8 Å². The molecule has 15 heavy (non-hydrogen) atoms. The molecule has 5 heteroatoms. The number of urea groups is 1. The highest BCUT2D eigenvalue weighted by molar-refractivity contribution is 5.77. The summed E-state index contributed by atoms with van der Waals surface area (Å²) in [6.45, 7) is 3.30. The lowest BCUT2D eigenvalue weighted by atomic mass is 9.93. The summed E-state index contributed by atoms with van der Waals surface area (Å²) in [5.74, 6) is -0.911. The van der Waals surface area contributed by atoms with Crippen molar-refractivity contribution in [1.29, 1.82) is 0 Å². The molecule has 3 N–H and O–H groups in total. The second-order valence-corrected chi connectivity index (χ2v) is 4.64. The summed E-state index contributed by atoms with van der Waals surface area (Å²) in [6.07, 6.45) is 3.21. The third-order valence-corrected chi connectivity index (χ3v) is 2.71. The average molecular weight is 214 g/mol. The summed E-state index contributed by atoms with van der Waals surface area (Å²) in [7, 11) is 0. The van der Waals surface area contributed by atoms with Crippen LogP contribution in [0.25, 0.3) is 0 Å². The van der Waals surface area contributed by atoms with E-state index < -0.39 is 11.4 Å². The van der Waals surface area contributed by atoms with Crippen LogP contribution < -0.4 is 10.6 Å². The molecular formula is C10H18N2O3. The van der Waals surface area contributed by atoms with E-state index in [1.807, 2.05) is 0 Å². The van der Waals surface area contributed by atoms with Gasteiger partial charge in [0.15, 0.2) is 0 Å². The van der Waals surface area contributed by atoms with Crippen LogP contribution in [0.4, 0.5) is 4.79 Å². The van der Waals surface area contributed by atoms with E-state index in [2.05, 4.69) is 10.6 Å². The number of nitrogens with one attached hydrogen (secondary N) is 2. The van der Waals surface area contributed by atoms with Crippen molar-refractivity contribution in [3.8, 4) is 0 Å². The average Bonchev–Trinajstić information content (AvgIpc) is 2.08. The second-order valence-electron chi connectivity index (χ2n) is 4.64. The zero-order valence-corrected chi connectivity index (χ0v) is 9.17. The molecule has 2 amide bonds. The third-order valence-electron chi connectivity index (χ3n) is 2.71. The van der Waals surface area contributed by atoms with Crippen LogP contribution in [0, 0.1) is 5.41 Å². The SMILES string of the molecule is CC(C)(CNC(=O)NC1CCC1)C(=O)O. The maximum atomic E-state index is 11.3. The van der Waals surface area contributed by atoms with Crippen LogP contribution in [0.1, 0.15) is 33.1 Å². The number of carbonyl (C=O) groups is 2. The van der Waals surface area contributed by atoms with E-state index in [1.165, 1.54) is 0 Å². The molecule has 0 saturated heterocycles. The highest BCUT2D eigenvalue weighted by atomic mass is 16.4. The fourth-order valence-corrected chi connectivity index (χ4v) is 1.17. The Morgan fingerprint density at radius 2 is 2.00 bits per heavy atom. The molecule has 0 aliphatic heterocycles. The van der Waals surface area contributed by atoms with E-state index in [9.17, 15) is 9.59 Å². The molecule has 5 nitrogen and oxygen atoms in total. The number of carbonyl (C=O) groups excluding carboxylic acids is 1. The van der Waals surface area contributed by atoms with Gasteiger partial charge in [0.1, 0.15) is 0 Å². The molecule has 1 fully saturated rings. The topological polar surface area (TPSA) is 78.4 Å². The van der Waals surface area contributed by atoms with E-state index >= 15 is 0 Å². The van der Waals surface area contributed by atoms with Gasteiger partial charge in [0.2, 0.25) is 0 Å². The minimum atomic E-state index is -0.920. The Bertz CT molecular complexity index is 259. The number of rotatable bonds is 4. The van der Waals surface area contributed by atoms with Gasteiger partial charge in [-0.1, -0.05) is 0 Å². The van der Waals surface area contributed by atoms with Gasteiger partial charge in [-0.15, -0.1) is 0 Å². The van der Waals surface area contributed by atoms with Gasteiger partial charge in [0, 0.05) is 12.6 Å². The quantitative estimate of drug-likeness (QED) is 0.652. The normalized spacial score (nSPS) is 16.7. The fourth-order valence-electron chi connectivity index (χ4n) is 1.17. The van der Waals surface area contributed by atoms with Gasteiger partial charge in [-0.2, -0.15) is 0 Å².